The molecule has 0 bridgehead atoms. The zero-order chi connectivity index (χ0) is 23.2. The minimum atomic E-state index is -0.270. The van der Waals surface area contributed by atoms with E-state index >= 15 is 0 Å². The fraction of sp³-hybridized carbons (Fsp3) is 0.423. The SMILES string of the molecule is CCOC(=O)CC(c1ccc(F)cc1)C1CCN(Cc2nc(-c3ccccc3C)no2)CC1. The van der Waals surface area contributed by atoms with Crippen LogP contribution in [0, 0.1) is 18.7 Å². The molecule has 2 heterocycles. The van der Waals surface area contributed by atoms with Gasteiger partial charge in [0.1, 0.15) is 5.82 Å². The highest BCUT2D eigenvalue weighted by Gasteiger charge is 2.30. The molecule has 1 fully saturated rings. The summed E-state index contributed by atoms with van der Waals surface area (Å²) in [6.45, 7) is 6.54. The predicted octanol–water partition coefficient (Wildman–Crippen LogP) is 5.13. The minimum Gasteiger partial charge on any atom is -0.466 e. The van der Waals surface area contributed by atoms with E-state index in [0.29, 0.717) is 37.2 Å². The van der Waals surface area contributed by atoms with E-state index in [9.17, 15) is 9.18 Å². The molecule has 1 aromatic heterocycles. The molecule has 0 saturated carbocycles. The van der Waals surface area contributed by atoms with Crippen molar-refractivity contribution >= 4 is 5.97 Å². The van der Waals surface area contributed by atoms with Crippen LogP contribution in [0.5, 0.6) is 0 Å². The lowest BCUT2D eigenvalue weighted by Gasteiger charge is -2.35. The fourth-order valence-electron chi connectivity index (χ4n) is 4.62. The molecule has 33 heavy (non-hydrogen) atoms. The molecule has 0 aliphatic carbocycles. The third-order valence-electron chi connectivity index (χ3n) is 6.40. The summed E-state index contributed by atoms with van der Waals surface area (Å²) in [7, 11) is 0. The third kappa shape index (κ3) is 5.85. The van der Waals surface area contributed by atoms with Gasteiger partial charge >= 0.3 is 5.97 Å². The predicted molar refractivity (Wildman–Crippen MR) is 123 cm³/mol. The second kappa shape index (κ2) is 10.7. The molecule has 3 aromatic rings. The molecule has 0 spiro atoms. The van der Waals surface area contributed by atoms with Crippen LogP contribution in [0.25, 0.3) is 11.4 Å². The van der Waals surface area contributed by atoms with Gasteiger partial charge in [-0.15, -0.1) is 0 Å². The monoisotopic (exact) mass is 451 g/mol. The largest absolute Gasteiger partial charge is 0.466 e. The van der Waals surface area contributed by atoms with Crippen molar-refractivity contribution in [1.82, 2.24) is 15.0 Å². The third-order valence-corrected chi connectivity index (χ3v) is 6.40. The number of ether oxygens (including phenoxy) is 1. The standard InChI is InChI=1S/C26H30FN3O3/c1-3-32-25(31)16-23(19-8-10-21(27)11-9-19)20-12-14-30(15-13-20)17-24-28-26(29-33-24)22-7-5-4-6-18(22)2/h4-11,20,23H,3,12-17H2,1-2H3. The molecule has 1 saturated heterocycles. The lowest BCUT2D eigenvalue weighted by atomic mass is 9.78. The summed E-state index contributed by atoms with van der Waals surface area (Å²) in [5.41, 5.74) is 3.08. The Bertz CT molecular complexity index is 1060. The molecule has 1 atom stereocenters. The second-order valence-electron chi connectivity index (χ2n) is 8.61. The highest BCUT2D eigenvalue weighted by atomic mass is 19.1. The number of esters is 1. The molecular formula is C26H30FN3O3. The molecule has 1 unspecified atom stereocenters. The van der Waals surface area contributed by atoms with Crippen molar-refractivity contribution in [1.29, 1.82) is 0 Å². The van der Waals surface area contributed by atoms with Crippen LogP contribution in [0.3, 0.4) is 0 Å². The minimum absolute atomic E-state index is 0.0165. The number of halogens is 1. The van der Waals surface area contributed by atoms with Crippen LogP contribution < -0.4 is 0 Å². The number of rotatable bonds is 8. The van der Waals surface area contributed by atoms with Crippen LogP contribution in [-0.4, -0.2) is 40.7 Å². The average Bonchev–Trinajstić information content (AvgIpc) is 3.27. The van der Waals surface area contributed by atoms with Crippen molar-refractivity contribution < 1.29 is 18.4 Å². The van der Waals surface area contributed by atoms with Crippen molar-refractivity contribution in [2.24, 2.45) is 5.92 Å². The first-order valence-corrected chi connectivity index (χ1v) is 11.6. The lowest BCUT2D eigenvalue weighted by Crippen LogP contribution is -2.35. The maximum atomic E-state index is 13.4. The maximum absolute atomic E-state index is 13.4. The van der Waals surface area contributed by atoms with Gasteiger partial charge in [-0.25, -0.2) is 4.39 Å². The maximum Gasteiger partial charge on any atom is 0.306 e. The van der Waals surface area contributed by atoms with Crippen LogP contribution in [-0.2, 0) is 16.1 Å². The highest BCUT2D eigenvalue weighted by molar-refractivity contribution is 5.70. The molecule has 6 nitrogen and oxygen atoms in total. The van der Waals surface area contributed by atoms with Gasteiger partial charge in [0.25, 0.3) is 0 Å². The first-order chi connectivity index (χ1) is 16.0. The number of carbonyl (C=O) groups is 1. The summed E-state index contributed by atoms with van der Waals surface area (Å²) >= 11 is 0. The number of nitrogens with zero attached hydrogens (tertiary/aromatic N) is 3. The zero-order valence-electron chi connectivity index (χ0n) is 19.2. The Labute approximate surface area is 193 Å². The highest BCUT2D eigenvalue weighted by Crippen LogP contribution is 2.36. The van der Waals surface area contributed by atoms with Gasteiger partial charge in [0.2, 0.25) is 11.7 Å². The number of likely N-dealkylation sites (tertiary alicyclic amines) is 1. The first-order valence-electron chi connectivity index (χ1n) is 11.6. The van der Waals surface area contributed by atoms with E-state index in [1.165, 1.54) is 12.1 Å². The first kappa shape index (κ1) is 23.1. The van der Waals surface area contributed by atoms with Gasteiger partial charge in [0.15, 0.2) is 0 Å². The zero-order valence-corrected chi connectivity index (χ0v) is 19.2. The molecule has 174 valence electrons. The van der Waals surface area contributed by atoms with Crippen LogP contribution in [0.4, 0.5) is 4.39 Å². The van der Waals surface area contributed by atoms with Gasteiger partial charge in [0.05, 0.1) is 19.6 Å². The van der Waals surface area contributed by atoms with Gasteiger partial charge in [-0.3, -0.25) is 9.69 Å². The Morgan fingerprint density at radius 1 is 1.18 bits per heavy atom. The Morgan fingerprint density at radius 3 is 2.61 bits per heavy atom. The van der Waals surface area contributed by atoms with Crippen molar-refractivity contribution in [3.05, 3.63) is 71.4 Å². The molecule has 7 heteroatoms. The number of piperidine rings is 1. The molecule has 1 aliphatic rings. The van der Waals surface area contributed by atoms with Crippen LogP contribution >= 0.6 is 0 Å². The van der Waals surface area contributed by atoms with E-state index in [4.69, 9.17) is 9.26 Å². The molecule has 0 radical (unpaired) electrons. The number of aryl methyl sites for hydroxylation is 1. The molecule has 0 N–H and O–H groups in total. The van der Waals surface area contributed by atoms with Crippen LogP contribution in [0.2, 0.25) is 0 Å². The normalized spacial score (nSPS) is 16.0. The molecule has 1 aliphatic heterocycles. The molecular weight excluding hydrogens is 421 g/mol. The molecule has 0 amide bonds. The van der Waals surface area contributed by atoms with Crippen molar-refractivity contribution in [2.75, 3.05) is 19.7 Å². The topological polar surface area (TPSA) is 68.5 Å². The number of benzene rings is 2. The number of hydrogen-bond acceptors (Lipinski definition) is 6. The quantitative estimate of drug-likeness (QED) is 0.442. The summed E-state index contributed by atoms with van der Waals surface area (Å²) in [5.74, 6) is 1.08. The van der Waals surface area contributed by atoms with Crippen molar-refractivity contribution in [2.45, 2.75) is 45.6 Å². The van der Waals surface area contributed by atoms with Gasteiger partial charge in [-0.2, -0.15) is 4.98 Å². The molecule has 4 rings (SSSR count). The Hall–Kier alpha value is -3.06. The Kier molecular flexibility index (Phi) is 7.50. The number of hydrogen-bond donors (Lipinski definition) is 0. The summed E-state index contributed by atoms with van der Waals surface area (Å²) in [4.78, 5) is 19.1. The Morgan fingerprint density at radius 2 is 1.91 bits per heavy atom. The average molecular weight is 452 g/mol. The van der Waals surface area contributed by atoms with E-state index in [0.717, 1.165) is 42.6 Å². The van der Waals surface area contributed by atoms with Crippen molar-refractivity contribution in [3.63, 3.8) is 0 Å². The van der Waals surface area contributed by atoms with E-state index in [1.807, 2.05) is 38.1 Å². The van der Waals surface area contributed by atoms with Gasteiger partial charge in [0, 0.05) is 5.56 Å². The van der Waals surface area contributed by atoms with E-state index in [-0.39, 0.29) is 17.7 Å². The van der Waals surface area contributed by atoms with Gasteiger partial charge in [-0.05, 0) is 74.9 Å². The fourth-order valence-corrected chi connectivity index (χ4v) is 4.62. The Balaban J connectivity index is 1.38. The molecule has 2 aromatic carbocycles. The van der Waals surface area contributed by atoms with E-state index in [2.05, 4.69) is 15.0 Å². The van der Waals surface area contributed by atoms with Crippen LogP contribution in [0.15, 0.2) is 53.1 Å². The lowest BCUT2D eigenvalue weighted by molar-refractivity contribution is -0.144. The summed E-state index contributed by atoms with van der Waals surface area (Å²) in [6, 6.07) is 14.5. The summed E-state index contributed by atoms with van der Waals surface area (Å²) in [6.07, 6.45) is 2.17. The van der Waals surface area contributed by atoms with E-state index in [1.54, 1.807) is 12.1 Å². The second-order valence-corrected chi connectivity index (χ2v) is 8.61. The van der Waals surface area contributed by atoms with Crippen molar-refractivity contribution in [3.8, 4) is 11.4 Å². The number of carbonyl (C=O) groups excluding carboxylic acids is 1. The van der Waals surface area contributed by atoms with Gasteiger partial charge in [-0.1, -0.05) is 41.6 Å². The smallest absolute Gasteiger partial charge is 0.306 e. The van der Waals surface area contributed by atoms with Crippen LogP contribution in [0.1, 0.15) is 49.1 Å². The summed E-state index contributed by atoms with van der Waals surface area (Å²) < 4.78 is 24.2. The number of aromatic nitrogens is 2. The van der Waals surface area contributed by atoms with Gasteiger partial charge < -0.3 is 9.26 Å². The summed E-state index contributed by atoms with van der Waals surface area (Å²) in [5, 5.41) is 4.16. The van der Waals surface area contributed by atoms with E-state index < -0.39 is 0 Å².